The molecule has 0 spiro atoms. The van der Waals surface area contributed by atoms with Crippen molar-refractivity contribution in [2.24, 2.45) is 11.8 Å². The Labute approximate surface area is 163 Å². The lowest BCUT2D eigenvalue weighted by Crippen LogP contribution is -2.33. The summed E-state index contributed by atoms with van der Waals surface area (Å²) in [5.74, 6) is -1.69. The number of ether oxygens (including phenoxy) is 1. The van der Waals surface area contributed by atoms with Crippen LogP contribution in [0.25, 0.3) is 0 Å². The fourth-order valence-electron chi connectivity index (χ4n) is 3.85. The minimum Gasteiger partial charge on any atom is -0.461 e. The van der Waals surface area contributed by atoms with Crippen LogP contribution in [-0.2, 0) is 16.1 Å². The summed E-state index contributed by atoms with van der Waals surface area (Å²) in [6.45, 7) is 1.93. The standard InChI is InChI=1S/C24H20O4/c1-15(24(27)28-14-16-8-3-2-4-9-16)17-12-7-13-20-21(17)23(26)19-11-6-5-10-18(19)22(20)25/h2-12,15,17H,13-14H2,1H3. The van der Waals surface area contributed by atoms with E-state index in [1.54, 1.807) is 31.2 Å². The van der Waals surface area contributed by atoms with Gasteiger partial charge in [-0.3, -0.25) is 14.4 Å². The summed E-state index contributed by atoms with van der Waals surface area (Å²) < 4.78 is 5.46. The number of fused-ring (bicyclic) bond motifs is 1. The van der Waals surface area contributed by atoms with Crippen molar-refractivity contribution in [2.75, 3.05) is 0 Å². The first-order valence-electron chi connectivity index (χ1n) is 9.36. The Kier molecular flexibility index (Phi) is 4.78. The highest BCUT2D eigenvalue weighted by atomic mass is 16.5. The molecular formula is C24H20O4. The van der Waals surface area contributed by atoms with Crippen LogP contribution in [0.2, 0.25) is 0 Å². The van der Waals surface area contributed by atoms with Gasteiger partial charge in [0.25, 0.3) is 0 Å². The fraction of sp³-hybridized carbons (Fsp3) is 0.208. The first kappa shape index (κ1) is 18.1. The molecule has 4 nitrogen and oxygen atoms in total. The molecule has 0 fully saturated rings. The van der Waals surface area contributed by atoms with Gasteiger partial charge in [-0.1, -0.05) is 73.7 Å². The van der Waals surface area contributed by atoms with Crippen LogP contribution in [0.4, 0.5) is 0 Å². The van der Waals surface area contributed by atoms with Gasteiger partial charge in [0.1, 0.15) is 6.61 Å². The number of benzene rings is 2. The molecule has 2 atom stereocenters. The number of allylic oxidation sites excluding steroid dienone is 4. The van der Waals surface area contributed by atoms with Crippen LogP contribution in [0.3, 0.4) is 0 Å². The number of carbonyl (C=O) groups excluding carboxylic acids is 3. The second-order valence-corrected chi connectivity index (χ2v) is 7.14. The van der Waals surface area contributed by atoms with Gasteiger partial charge in [0.15, 0.2) is 11.6 Å². The Morgan fingerprint density at radius 1 is 1.00 bits per heavy atom. The third kappa shape index (κ3) is 3.11. The number of hydrogen-bond acceptors (Lipinski definition) is 4. The average molecular weight is 372 g/mol. The molecule has 0 aliphatic heterocycles. The number of hydrogen-bond donors (Lipinski definition) is 0. The molecule has 2 aromatic rings. The van der Waals surface area contributed by atoms with E-state index in [1.807, 2.05) is 42.5 Å². The Morgan fingerprint density at radius 3 is 2.36 bits per heavy atom. The van der Waals surface area contributed by atoms with Gasteiger partial charge in [0, 0.05) is 28.2 Å². The van der Waals surface area contributed by atoms with Gasteiger partial charge in [-0.05, 0) is 12.0 Å². The van der Waals surface area contributed by atoms with E-state index in [2.05, 4.69) is 0 Å². The van der Waals surface area contributed by atoms with Crippen molar-refractivity contribution in [3.8, 4) is 0 Å². The minimum atomic E-state index is -0.563. The van der Waals surface area contributed by atoms with Gasteiger partial charge < -0.3 is 4.74 Å². The highest BCUT2D eigenvalue weighted by Gasteiger charge is 2.39. The molecule has 2 unspecified atom stereocenters. The molecule has 0 aromatic heterocycles. The van der Waals surface area contributed by atoms with Crippen molar-refractivity contribution < 1.29 is 19.1 Å². The molecule has 0 bridgehead atoms. The van der Waals surface area contributed by atoms with Crippen LogP contribution in [-0.4, -0.2) is 17.5 Å². The molecule has 0 saturated heterocycles. The summed E-state index contributed by atoms with van der Waals surface area (Å²) in [7, 11) is 0. The molecule has 0 radical (unpaired) electrons. The van der Waals surface area contributed by atoms with E-state index >= 15 is 0 Å². The summed E-state index contributed by atoms with van der Waals surface area (Å²) in [5.41, 5.74) is 2.70. The van der Waals surface area contributed by atoms with Crippen LogP contribution in [0.1, 0.15) is 39.6 Å². The molecule has 0 N–H and O–H groups in total. The normalized spacial score (nSPS) is 19.1. The fourth-order valence-corrected chi connectivity index (χ4v) is 3.85. The summed E-state index contributed by atoms with van der Waals surface area (Å²) in [6, 6.07) is 16.3. The first-order chi connectivity index (χ1) is 13.6. The Hall–Kier alpha value is -3.27. The molecule has 0 amide bonds. The number of Topliss-reactive ketones (excluding diaryl/α,β-unsaturated/α-hetero) is 2. The monoisotopic (exact) mass is 372 g/mol. The number of ketones is 2. The molecule has 0 heterocycles. The number of rotatable bonds is 4. The topological polar surface area (TPSA) is 60.4 Å². The molecule has 28 heavy (non-hydrogen) atoms. The minimum absolute atomic E-state index is 0.121. The van der Waals surface area contributed by atoms with Crippen LogP contribution in [0.5, 0.6) is 0 Å². The van der Waals surface area contributed by atoms with Crippen molar-refractivity contribution in [1.29, 1.82) is 0 Å². The van der Waals surface area contributed by atoms with E-state index in [4.69, 9.17) is 4.74 Å². The SMILES string of the molecule is CC(C(=O)OCc1ccccc1)C1C=CCC2=C1C(=O)c1ccccc1C2=O. The van der Waals surface area contributed by atoms with Crippen LogP contribution >= 0.6 is 0 Å². The second kappa shape index (κ2) is 7.39. The lowest BCUT2D eigenvalue weighted by Gasteiger charge is -2.30. The van der Waals surface area contributed by atoms with E-state index in [0.29, 0.717) is 28.7 Å². The smallest absolute Gasteiger partial charge is 0.309 e. The second-order valence-electron chi connectivity index (χ2n) is 7.14. The van der Waals surface area contributed by atoms with Gasteiger partial charge in [-0.2, -0.15) is 0 Å². The lowest BCUT2D eigenvalue weighted by molar-refractivity contribution is -0.150. The Morgan fingerprint density at radius 2 is 1.64 bits per heavy atom. The summed E-state index contributed by atoms with van der Waals surface area (Å²) in [4.78, 5) is 38.7. The van der Waals surface area contributed by atoms with Crippen LogP contribution in [0.15, 0.2) is 77.9 Å². The van der Waals surface area contributed by atoms with E-state index in [-0.39, 0.29) is 24.1 Å². The first-order valence-corrected chi connectivity index (χ1v) is 9.36. The average Bonchev–Trinajstić information content (AvgIpc) is 2.75. The van der Waals surface area contributed by atoms with E-state index in [9.17, 15) is 14.4 Å². The largest absolute Gasteiger partial charge is 0.461 e. The van der Waals surface area contributed by atoms with Gasteiger partial charge in [-0.15, -0.1) is 0 Å². The summed E-state index contributed by atoms with van der Waals surface area (Å²) >= 11 is 0. The molecule has 2 aromatic carbocycles. The predicted octanol–water partition coefficient (Wildman–Crippen LogP) is 4.32. The van der Waals surface area contributed by atoms with Gasteiger partial charge in [0.2, 0.25) is 0 Å². The molecule has 2 aliphatic carbocycles. The molecule has 140 valence electrons. The van der Waals surface area contributed by atoms with Gasteiger partial charge in [0.05, 0.1) is 5.92 Å². The number of esters is 1. The zero-order valence-corrected chi connectivity index (χ0v) is 15.6. The maximum absolute atomic E-state index is 13.1. The van der Waals surface area contributed by atoms with Crippen molar-refractivity contribution >= 4 is 17.5 Å². The molecule has 0 saturated carbocycles. The Bertz CT molecular complexity index is 1010. The van der Waals surface area contributed by atoms with Crippen molar-refractivity contribution in [1.82, 2.24) is 0 Å². The molecule has 4 heteroatoms. The summed E-state index contributed by atoms with van der Waals surface area (Å²) in [5, 5.41) is 0. The maximum atomic E-state index is 13.1. The summed E-state index contributed by atoms with van der Waals surface area (Å²) in [6.07, 6.45) is 4.13. The molecule has 4 rings (SSSR count). The van der Waals surface area contributed by atoms with Crippen molar-refractivity contribution in [3.63, 3.8) is 0 Å². The quantitative estimate of drug-likeness (QED) is 0.592. The van der Waals surface area contributed by atoms with E-state index in [1.165, 1.54) is 0 Å². The van der Waals surface area contributed by atoms with Crippen molar-refractivity contribution in [2.45, 2.75) is 20.0 Å². The van der Waals surface area contributed by atoms with E-state index < -0.39 is 11.8 Å². The van der Waals surface area contributed by atoms with Gasteiger partial charge >= 0.3 is 5.97 Å². The third-order valence-electron chi connectivity index (χ3n) is 5.39. The van der Waals surface area contributed by atoms with Crippen LogP contribution in [0, 0.1) is 11.8 Å². The Balaban J connectivity index is 1.58. The zero-order valence-electron chi connectivity index (χ0n) is 15.6. The molecule has 2 aliphatic rings. The zero-order chi connectivity index (χ0) is 19.7. The highest BCUT2D eigenvalue weighted by Crippen LogP contribution is 2.39. The number of carbonyl (C=O) groups is 3. The van der Waals surface area contributed by atoms with E-state index in [0.717, 1.165) is 5.56 Å². The van der Waals surface area contributed by atoms with Crippen molar-refractivity contribution in [3.05, 3.63) is 94.6 Å². The maximum Gasteiger partial charge on any atom is 0.309 e. The van der Waals surface area contributed by atoms with Gasteiger partial charge in [-0.25, -0.2) is 0 Å². The lowest BCUT2D eigenvalue weighted by atomic mass is 9.71. The predicted molar refractivity (Wildman–Crippen MR) is 105 cm³/mol. The van der Waals surface area contributed by atoms with Crippen LogP contribution < -0.4 is 0 Å². The highest BCUT2D eigenvalue weighted by molar-refractivity contribution is 6.27. The third-order valence-corrected chi connectivity index (χ3v) is 5.39. The molecular weight excluding hydrogens is 352 g/mol.